The molecule has 0 radical (unpaired) electrons. The van der Waals surface area contributed by atoms with Crippen LogP contribution in [0.2, 0.25) is 0 Å². The standard InChI is InChI=1S/C15H19N3O4S2.ClH/c1-11(18-24(20,21)14-3-2-10-23-14)15(19)17-12-4-6-13(7-5-12)22-9-8-16;/h2-7,10-11,18H,8-9,16H2,1H3,(H,17,19);1H. The Hall–Kier alpha value is -1.65. The molecular formula is C15H20ClN3O4S2. The number of carbonyl (C=O) groups excluding carboxylic acids is 1. The highest BCUT2D eigenvalue weighted by atomic mass is 35.5. The summed E-state index contributed by atoms with van der Waals surface area (Å²) in [7, 11) is -3.69. The van der Waals surface area contributed by atoms with Crippen molar-refractivity contribution >= 4 is 45.4 Å². The number of nitrogens with one attached hydrogen (secondary N) is 2. The molecule has 0 spiro atoms. The first-order valence-electron chi connectivity index (χ1n) is 7.22. The Labute approximate surface area is 157 Å². The van der Waals surface area contributed by atoms with Gasteiger partial charge in [-0.25, -0.2) is 8.42 Å². The van der Waals surface area contributed by atoms with Gasteiger partial charge in [0.2, 0.25) is 5.91 Å². The van der Waals surface area contributed by atoms with Gasteiger partial charge in [-0.15, -0.1) is 23.7 Å². The first kappa shape index (κ1) is 21.4. The van der Waals surface area contributed by atoms with E-state index in [0.717, 1.165) is 11.3 Å². The fourth-order valence-electron chi connectivity index (χ4n) is 1.82. The van der Waals surface area contributed by atoms with E-state index < -0.39 is 22.0 Å². The summed E-state index contributed by atoms with van der Waals surface area (Å²) in [5.74, 6) is 0.190. The summed E-state index contributed by atoms with van der Waals surface area (Å²) in [6.45, 7) is 2.31. The Morgan fingerprint density at radius 1 is 1.28 bits per heavy atom. The molecule has 25 heavy (non-hydrogen) atoms. The number of hydrogen-bond acceptors (Lipinski definition) is 6. The molecule has 2 aromatic rings. The van der Waals surface area contributed by atoms with E-state index in [2.05, 4.69) is 10.0 Å². The van der Waals surface area contributed by atoms with Crippen LogP contribution in [0.25, 0.3) is 0 Å². The minimum Gasteiger partial charge on any atom is -0.492 e. The van der Waals surface area contributed by atoms with Gasteiger partial charge >= 0.3 is 0 Å². The van der Waals surface area contributed by atoms with Crippen molar-refractivity contribution in [3.8, 4) is 5.75 Å². The van der Waals surface area contributed by atoms with E-state index in [0.29, 0.717) is 24.6 Å². The molecular weight excluding hydrogens is 386 g/mol. The summed E-state index contributed by atoms with van der Waals surface area (Å²) in [5.41, 5.74) is 5.90. The number of rotatable bonds is 8. The van der Waals surface area contributed by atoms with Gasteiger partial charge in [-0.05, 0) is 42.6 Å². The molecule has 1 heterocycles. The maximum Gasteiger partial charge on any atom is 0.250 e. The topological polar surface area (TPSA) is 111 Å². The zero-order valence-electron chi connectivity index (χ0n) is 13.5. The van der Waals surface area contributed by atoms with E-state index >= 15 is 0 Å². The van der Waals surface area contributed by atoms with Gasteiger partial charge in [0.05, 0.1) is 6.04 Å². The molecule has 10 heteroatoms. The number of anilines is 1. The largest absolute Gasteiger partial charge is 0.492 e. The normalized spacial score (nSPS) is 12.1. The quantitative estimate of drug-likeness (QED) is 0.620. The molecule has 0 bridgehead atoms. The molecule has 1 amide bonds. The molecule has 1 aromatic heterocycles. The third kappa shape index (κ3) is 6.29. The third-order valence-electron chi connectivity index (χ3n) is 2.99. The number of hydrogen-bond donors (Lipinski definition) is 3. The SMILES string of the molecule is CC(NS(=O)(=O)c1cccs1)C(=O)Nc1ccc(OCCN)cc1.Cl. The Kier molecular flexibility index (Phi) is 8.33. The Balaban J connectivity index is 0.00000312. The lowest BCUT2D eigenvalue weighted by Gasteiger charge is -2.14. The summed E-state index contributed by atoms with van der Waals surface area (Å²) >= 11 is 1.09. The van der Waals surface area contributed by atoms with Crippen LogP contribution < -0.4 is 20.5 Å². The lowest BCUT2D eigenvalue weighted by Crippen LogP contribution is -2.41. The van der Waals surface area contributed by atoms with E-state index in [1.54, 1.807) is 35.7 Å². The minimum atomic E-state index is -3.69. The third-order valence-corrected chi connectivity index (χ3v) is 5.93. The van der Waals surface area contributed by atoms with E-state index in [-0.39, 0.29) is 16.6 Å². The molecule has 4 N–H and O–H groups in total. The van der Waals surface area contributed by atoms with Crippen molar-refractivity contribution in [2.75, 3.05) is 18.5 Å². The van der Waals surface area contributed by atoms with Crippen LogP contribution >= 0.6 is 23.7 Å². The highest BCUT2D eigenvalue weighted by Gasteiger charge is 2.22. The zero-order chi connectivity index (χ0) is 17.6. The molecule has 1 aromatic carbocycles. The first-order chi connectivity index (χ1) is 11.4. The maximum absolute atomic E-state index is 12.1. The van der Waals surface area contributed by atoms with Gasteiger partial charge in [-0.1, -0.05) is 6.07 Å². The number of amides is 1. The van der Waals surface area contributed by atoms with Crippen LogP contribution in [0, 0.1) is 0 Å². The summed E-state index contributed by atoms with van der Waals surface area (Å²) in [6.07, 6.45) is 0. The number of halogens is 1. The molecule has 1 atom stereocenters. The van der Waals surface area contributed by atoms with E-state index in [4.69, 9.17) is 10.5 Å². The van der Waals surface area contributed by atoms with Crippen molar-refractivity contribution < 1.29 is 17.9 Å². The molecule has 0 fully saturated rings. The number of ether oxygens (including phenoxy) is 1. The fraction of sp³-hybridized carbons (Fsp3) is 0.267. The molecule has 1 unspecified atom stereocenters. The highest BCUT2D eigenvalue weighted by molar-refractivity contribution is 7.91. The lowest BCUT2D eigenvalue weighted by atomic mass is 10.2. The molecule has 2 rings (SSSR count). The van der Waals surface area contributed by atoms with Crippen molar-refractivity contribution in [1.29, 1.82) is 0 Å². The second kappa shape index (κ2) is 9.73. The number of thiophene rings is 1. The smallest absolute Gasteiger partial charge is 0.250 e. The summed E-state index contributed by atoms with van der Waals surface area (Å²) in [6, 6.07) is 8.95. The van der Waals surface area contributed by atoms with Crippen LogP contribution in [0.1, 0.15) is 6.92 Å². The van der Waals surface area contributed by atoms with Crippen LogP contribution in [0.5, 0.6) is 5.75 Å². The van der Waals surface area contributed by atoms with Crippen molar-refractivity contribution in [3.05, 3.63) is 41.8 Å². The van der Waals surface area contributed by atoms with Crippen LogP contribution in [-0.2, 0) is 14.8 Å². The first-order valence-corrected chi connectivity index (χ1v) is 9.58. The van der Waals surface area contributed by atoms with Gasteiger partial charge in [0, 0.05) is 12.2 Å². The lowest BCUT2D eigenvalue weighted by molar-refractivity contribution is -0.117. The van der Waals surface area contributed by atoms with Crippen LogP contribution in [-0.4, -0.2) is 33.5 Å². The second-order valence-corrected chi connectivity index (χ2v) is 7.81. The Morgan fingerprint density at radius 3 is 2.52 bits per heavy atom. The average Bonchev–Trinajstić information content (AvgIpc) is 3.09. The maximum atomic E-state index is 12.1. The minimum absolute atomic E-state index is 0. The van der Waals surface area contributed by atoms with Gasteiger partial charge in [-0.2, -0.15) is 4.72 Å². The molecule has 7 nitrogen and oxygen atoms in total. The Bertz CT molecular complexity index is 765. The predicted octanol–water partition coefficient (Wildman–Crippen LogP) is 1.81. The van der Waals surface area contributed by atoms with Gasteiger partial charge in [-0.3, -0.25) is 4.79 Å². The number of nitrogens with two attached hydrogens (primary N) is 1. The molecule has 0 aliphatic rings. The van der Waals surface area contributed by atoms with E-state index in [9.17, 15) is 13.2 Å². The summed E-state index contributed by atoms with van der Waals surface area (Å²) in [5, 5.41) is 4.31. The molecule has 0 saturated carbocycles. The van der Waals surface area contributed by atoms with Crippen molar-refractivity contribution in [3.63, 3.8) is 0 Å². The predicted molar refractivity (Wildman–Crippen MR) is 101 cm³/mol. The zero-order valence-corrected chi connectivity index (χ0v) is 15.9. The van der Waals surface area contributed by atoms with Crippen LogP contribution in [0.3, 0.4) is 0 Å². The van der Waals surface area contributed by atoms with Gasteiger partial charge in [0.1, 0.15) is 16.6 Å². The van der Waals surface area contributed by atoms with Crippen LogP contribution in [0.4, 0.5) is 5.69 Å². The van der Waals surface area contributed by atoms with E-state index in [1.165, 1.54) is 13.0 Å². The number of benzene rings is 1. The Morgan fingerprint density at radius 2 is 1.96 bits per heavy atom. The van der Waals surface area contributed by atoms with E-state index in [1.807, 2.05) is 0 Å². The monoisotopic (exact) mass is 405 g/mol. The molecule has 138 valence electrons. The highest BCUT2D eigenvalue weighted by Crippen LogP contribution is 2.17. The van der Waals surface area contributed by atoms with Gasteiger partial charge in [0.25, 0.3) is 10.0 Å². The number of sulfonamides is 1. The fourth-order valence-corrected chi connectivity index (χ4v) is 4.03. The number of carbonyl (C=O) groups is 1. The molecule has 0 aliphatic carbocycles. The second-order valence-electron chi connectivity index (χ2n) is 4.93. The molecule has 0 aliphatic heterocycles. The van der Waals surface area contributed by atoms with Crippen LogP contribution in [0.15, 0.2) is 46.0 Å². The van der Waals surface area contributed by atoms with Gasteiger partial charge in [0.15, 0.2) is 0 Å². The summed E-state index contributed by atoms with van der Waals surface area (Å²) < 4.78 is 32.1. The van der Waals surface area contributed by atoms with Crippen molar-refractivity contribution in [1.82, 2.24) is 4.72 Å². The summed E-state index contributed by atoms with van der Waals surface area (Å²) in [4.78, 5) is 12.1. The van der Waals surface area contributed by atoms with Crippen molar-refractivity contribution in [2.45, 2.75) is 17.2 Å². The van der Waals surface area contributed by atoms with Crippen molar-refractivity contribution in [2.24, 2.45) is 5.73 Å². The average molecular weight is 406 g/mol. The van der Waals surface area contributed by atoms with Gasteiger partial charge < -0.3 is 15.8 Å². The molecule has 0 saturated heterocycles.